The predicted octanol–water partition coefficient (Wildman–Crippen LogP) is 2.43. The molecule has 2 fully saturated rings. The zero-order valence-electron chi connectivity index (χ0n) is 16.3. The number of aliphatic imine (C=N–C) groups is 1. The number of ether oxygens (including phenoxy) is 1. The van der Waals surface area contributed by atoms with Crippen molar-refractivity contribution in [1.82, 2.24) is 15.1 Å². The Hall–Kier alpha value is -0.810. The SMILES string of the molecule is CCNC(=NCC1CCCN(C(C)C)C1)N(C)CCOCC1CC1. The maximum absolute atomic E-state index is 5.76. The van der Waals surface area contributed by atoms with Crippen LogP contribution < -0.4 is 5.32 Å². The Morgan fingerprint density at radius 2 is 2.08 bits per heavy atom. The minimum atomic E-state index is 0.649. The van der Waals surface area contributed by atoms with E-state index in [4.69, 9.17) is 9.73 Å². The third-order valence-electron chi connectivity index (χ3n) is 5.10. The van der Waals surface area contributed by atoms with E-state index in [-0.39, 0.29) is 0 Å². The molecule has 2 rings (SSSR count). The highest BCUT2D eigenvalue weighted by Crippen LogP contribution is 2.28. The van der Waals surface area contributed by atoms with Crippen molar-refractivity contribution < 1.29 is 4.74 Å². The van der Waals surface area contributed by atoms with E-state index >= 15 is 0 Å². The van der Waals surface area contributed by atoms with Crippen LogP contribution in [0.2, 0.25) is 0 Å². The fourth-order valence-corrected chi connectivity index (χ4v) is 3.24. The molecule has 1 aliphatic carbocycles. The lowest BCUT2D eigenvalue weighted by molar-refractivity contribution is 0.115. The number of nitrogens with one attached hydrogen (secondary N) is 1. The molecule has 0 aromatic heterocycles. The minimum Gasteiger partial charge on any atom is -0.379 e. The van der Waals surface area contributed by atoms with Crippen molar-refractivity contribution in [1.29, 1.82) is 0 Å². The van der Waals surface area contributed by atoms with Gasteiger partial charge in [0.15, 0.2) is 5.96 Å². The predicted molar refractivity (Wildman–Crippen MR) is 102 cm³/mol. The van der Waals surface area contributed by atoms with Crippen molar-refractivity contribution in [3.63, 3.8) is 0 Å². The maximum Gasteiger partial charge on any atom is 0.193 e. The Balaban J connectivity index is 1.75. The zero-order valence-corrected chi connectivity index (χ0v) is 16.3. The Morgan fingerprint density at radius 3 is 2.75 bits per heavy atom. The molecule has 0 amide bonds. The summed E-state index contributed by atoms with van der Waals surface area (Å²) in [5, 5.41) is 3.42. The van der Waals surface area contributed by atoms with Crippen LogP contribution in [0.25, 0.3) is 0 Å². The average molecular weight is 339 g/mol. The van der Waals surface area contributed by atoms with Crippen LogP contribution in [0.3, 0.4) is 0 Å². The number of rotatable bonds is 9. The zero-order chi connectivity index (χ0) is 17.4. The summed E-state index contributed by atoms with van der Waals surface area (Å²) in [5.74, 6) is 2.55. The normalized spacial score (nSPS) is 22.9. The number of hydrogen-bond acceptors (Lipinski definition) is 3. The molecule has 2 aliphatic rings. The van der Waals surface area contributed by atoms with Crippen molar-refractivity contribution in [2.75, 3.05) is 53.0 Å². The maximum atomic E-state index is 5.76. The topological polar surface area (TPSA) is 40.1 Å². The van der Waals surface area contributed by atoms with E-state index in [2.05, 4.69) is 42.9 Å². The van der Waals surface area contributed by atoms with Gasteiger partial charge in [0.25, 0.3) is 0 Å². The van der Waals surface area contributed by atoms with Crippen molar-refractivity contribution >= 4 is 5.96 Å². The Morgan fingerprint density at radius 1 is 1.29 bits per heavy atom. The van der Waals surface area contributed by atoms with Crippen LogP contribution in [0.4, 0.5) is 0 Å². The first kappa shape index (κ1) is 19.5. The van der Waals surface area contributed by atoms with Crippen molar-refractivity contribution in [2.24, 2.45) is 16.8 Å². The quantitative estimate of drug-likeness (QED) is 0.398. The van der Waals surface area contributed by atoms with Gasteiger partial charge in [-0.2, -0.15) is 0 Å². The lowest BCUT2D eigenvalue weighted by atomic mass is 9.97. The van der Waals surface area contributed by atoms with E-state index in [1.807, 2.05) is 0 Å². The molecule has 140 valence electrons. The molecule has 0 aromatic carbocycles. The van der Waals surface area contributed by atoms with E-state index < -0.39 is 0 Å². The van der Waals surface area contributed by atoms with Gasteiger partial charge in [-0.1, -0.05) is 0 Å². The smallest absolute Gasteiger partial charge is 0.193 e. The van der Waals surface area contributed by atoms with Gasteiger partial charge in [0.05, 0.1) is 6.61 Å². The van der Waals surface area contributed by atoms with Crippen LogP contribution in [0.15, 0.2) is 4.99 Å². The molecule has 1 atom stereocenters. The lowest BCUT2D eigenvalue weighted by Gasteiger charge is -2.35. The summed E-state index contributed by atoms with van der Waals surface area (Å²) >= 11 is 0. The van der Waals surface area contributed by atoms with Gasteiger partial charge in [0, 0.05) is 45.9 Å². The van der Waals surface area contributed by atoms with E-state index in [9.17, 15) is 0 Å². The third-order valence-corrected chi connectivity index (χ3v) is 5.10. The number of nitrogens with zero attached hydrogens (tertiary/aromatic N) is 3. The third kappa shape index (κ3) is 6.98. The Bertz CT molecular complexity index is 382. The van der Waals surface area contributed by atoms with Gasteiger partial charge >= 0.3 is 0 Å². The number of hydrogen-bond donors (Lipinski definition) is 1. The van der Waals surface area contributed by atoms with E-state index in [0.717, 1.165) is 44.7 Å². The fraction of sp³-hybridized carbons (Fsp3) is 0.947. The lowest BCUT2D eigenvalue weighted by Crippen LogP contribution is -2.43. The Kier molecular flexibility index (Phi) is 8.33. The number of piperidine rings is 1. The molecular formula is C19H38N4O. The van der Waals surface area contributed by atoms with Gasteiger partial charge in [0.2, 0.25) is 0 Å². The van der Waals surface area contributed by atoms with Crippen LogP contribution in [0.5, 0.6) is 0 Å². The summed E-state index contributed by atoms with van der Waals surface area (Å²) in [6.07, 6.45) is 5.32. The first-order valence-electron chi connectivity index (χ1n) is 9.91. The highest BCUT2D eigenvalue weighted by atomic mass is 16.5. The summed E-state index contributed by atoms with van der Waals surface area (Å²) in [6, 6.07) is 0.649. The van der Waals surface area contributed by atoms with Crippen molar-refractivity contribution in [3.8, 4) is 0 Å². The van der Waals surface area contributed by atoms with Crippen LogP contribution >= 0.6 is 0 Å². The number of likely N-dealkylation sites (N-methyl/N-ethyl adjacent to an activating group) is 1. The van der Waals surface area contributed by atoms with E-state index in [1.54, 1.807) is 0 Å². The monoisotopic (exact) mass is 338 g/mol. The first-order valence-corrected chi connectivity index (χ1v) is 9.91. The van der Waals surface area contributed by atoms with Crippen LogP contribution in [0.1, 0.15) is 46.5 Å². The second-order valence-corrected chi connectivity index (χ2v) is 7.73. The van der Waals surface area contributed by atoms with Crippen molar-refractivity contribution in [3.05, 3.63) is 0 Å². The molecule has 1 saturated carbocycles. The molecule has 1 unspecified atom stereocenters. The van der Waals surface area contributed by atoms with Crippen LogP contribution in [-0.4, -0.2) is 74.8 Å². The molecule has 5 heteroatoms. The van der Waals surface area contributed by atoms with Crippen molar-refractivity contribution in [2.45, 2.75) is 52.5 Å². The molecule has 5 nitrogen and oxygen atoms in total. The fourth-order valence-electron chi connectivity index (χ4n) is 3.24. The van der Waals surface area contributed by atoms with E-state index in [0.29, 0.717) is 12.0 Å². The summed E-state index contributed by atoms with van der Waals surface area (Å²) in [5.41, 5.74) is 0. The molecule has 0 bridgehead atoms. The largest absolute Gasteiger partial charge is 0.379 e. The van der Waals surface area contributed by atoms with Gasteiger partial charge in [0.1, 0.15) is 0 Å². The molecule has 0 radical (unpaired) electrons. The molecule has 1 saturated heterocycles. The van der Waals surface area contributed by atoms with Crippen LogP contribution in [0, 0.1) is 11.8 Å². The van der Waals surface area contributed by atoms with Gasteiger partial charge in [-0.15, -0.1) is 0 Å². The van der Waals surface area contributed by atoms with Gasteiger partial charge in [-0.05, 0) is 64.8 Å². The molecule has 1 heterocycles. The Labute approximate surface area is 148 Å². The van der Waals surface area contributed by atoms with Gasteiger partial charge < -0.3 is 19.9 Å². The molecule has 24 heavy (non-hydrogen) atoms. The molecular weight excluding hydrogens is 300 g/mol. The average Bonchev–Trinajstić information content (AvgIpc) is 3.39. The molecule has 1 aliphatic heterocycles. The highest BCUT2D eigenvalue weighted by Gasteiger charge is 2.22. The highest BCUT2D eigenvalue weighted by molar-refractivity contribution is 5.79. The second kappa shape index (κ2) is 10.2. The molecule has 0 aromatic rings. The standard InChI is InChI=1S/C19H38N4O/c1-5-20-19(22(4)11-12-24-15-17-8-9-17)21-13-18-7-6-10-23(14-18)16(2)3/h16-18H,5-15H2,1-4H3,(H,20,21). The van der Waals surface area contributed by atoms with Gasteiger partial charge in [-0.25, -0.2) is 0 Å². The minimum absolute atomic E-state index is 0.649. The molecule has 1 N–H and O–H groups in total. The molecule has 0 spiro atoms. The van der Waals surface area contributed by atoms with Gasteiger partial charge in [-0.3, -0.25) is 4.99 Å². The van der Waals surface area contributed by atoms with Crippen LogP contribution in [-0.2, 0) is 4.74 Å². The summed E-state index contributed by atoms with van der Waals surface area (Å²) in [6.45, 7) is 13.6. The number of guanidine groups is 1. The summed E-state index contributed by atoms with van der Waals surface area (Å²) in [4.78, 5) is 9.70. The van der Waals surface area contributed by atoms with E-state index in [1.165, 1.54) is 38.8 Å². The summed E-state index contributed by atoms with van der Waals surface area (Å²) < 4.78 is 5.76. The summed E-state index contributed by atoms with van der Waals surface area (Å²) in [7, 11) is 2.11. The first-order chi connectivity index (χ1) is 11.6. The number of likely N-dealkylation sites (tertiary alicyclic amines) is 1. The second-order valence-electron chi connectivity index (χ2n) is 7.73.